The van der Waals surface area contributed by atoms with Crippen molar-refractivity contribution in [2.75, 3.05) is 13.1 Å². The standard InChI is InChI=1S/C11H23NO3/c1-8(2)5-9(13)6-12-7-11(3,4)10(14)15/h8-9,12-13H,5-7H2,1-4H3,(H,14,15). The average Bonchev–Trinajstić information content (AvgIpc) is 2.01. The molecule has 0 amide bonds. The SMILES string of the molecule is CC(C)CC(O)CNCC(C)(C)C(=O)O. The van der Waals surface area contributed by atoms with Gasteiger partial charge in [0, 0.05) is 13.1 Å². The second-order valence-corrected chi connectivity index (χ2v) is 5.10. The number of carbonyl (C=O) groups is 1. The second kappa shape index (κ2) is 6.08. The first-order valence-electron chi connectivity index (χ1n) is 5.38. The maximum atomic E-state index is 10.8. The molecule has 0 radical (unpaired) electrons. The minimum Gasteiger partial charge on any atom is -0.481 e. The summed E-state index contributed by atoms with van der Waals surface area (Å²) in [5.41, 5.74) is -0.780. The predicted octanol–water partition coefficient (Wildman–Crippen LogP) is 1.09. The van der Waals surface area contributed by atoms with E-state index in [0.717, 1.165) is 6.42 Å². The Hall–Kier alpha value is -0.610. The molecule has 0 heterocycles. The molecule has 0 aromatic heterocycles. The van der Waals surface area contributed by atoms with Gasteiger partial charge in [-0.2, -0.15) is 0 Å². The van der Waals surface area contributed by atoms with Gasteiger partial charge in [-0.25, -0.2) is 0 Å². The molecule has 3 N–H and O–H groups in total. The van der Waals surface area contributed by atoms with Crippen LogP contribution in [0.15, 0.2) is 0 Å². The van der Waals surface area contributed by atoms with Gasteiger partial charge in [-0.05, 0) is 26.2 Å². The van der Waals surface area contributed by atoms with Gasteiger partial charge in [-0.15, -0.1) is 0 Å². The molecule has 0 aliphatic carbocycles. The van der Waals surface area contributed by atoms with Crippen molar-refractivity contribution in [2.24, 2.45) is 11.3 Å². The van der Waals surface area contributed by atoms with Crippen molar-refractivity contribution in [2.45, 2.75) is 40.2 Å². The zero-order chi connectivity index (χ0) is 12.1. The maximum Gasteiger partial charge on any atom is 0.310 e. The van der Waals surface area contributed by atoms with Gasteiger partial charge in [-0.3, -0.25) is 4.79 Å². The van der Waals surface area contributed by atoms with Crippen LogP contribution in [-0.2, 0) is 4.79 Å². The lowest BCUT2D eigenvalue weighted by Gasteiger charge is -2.21. The summed E-state index contributed by atoms with van der Waals surface area (Å²) >= 11 is 0. The minimum absolute atomic E-state index is 0.373. The number of rotatable bonds is 7. The number of nitrogens with one attached hydrogen (secondary N) is 1. The van der Waals surface area contributed by atoms with Crippen LogP contribution in [0.2, 0.25) is 0 Å². The molecular formula is C11H23NO3. The molecule has 1 atom stereocenters. The van der Waals surface area contributed by atoms with E-state index in [-0.39, 0.29) is 0 Å². The van der Waals surface area contributed by atoms with E-state index in [1.165, 1.54) is 0 Å². The Morgan fingerprint density at radius 1 is 1.40 bits per heavy atom. The van der Waals surface area contributed by atoms with Crippen molar-refractivity contribution in [3.63, 3.8) is 0 Å². The summed E-state index contributed by atoms with van der Waals surface area (Å²) in [5.74, 6) is -0.373. The minimum atomic E-state index is -0.826. The van der Waals surface area contributed by atoms with E-state index in [9.17, 15) is 9.90 Å². The first-order valence-corrected chi connectivity index (χ1v) is 5.38. The van der Waals surface area contributed by atoms with E-state index in [4.69, 9.17) is 5.11 Å². The summed E-state index contributed by atoms with van der Waals surface area (Å²) in [6.45, 7) is 8.25. The van der Waals surface area contributed by atoms with Crippen molar-refractivity contribution in [1.82, 2.24) is 5.32 Å². The van der Waals surface area contributed by atoms with Crippen molar-refractivity contribution in [3.05, 3.63) is 0 Å². The van der Waals surface area contributed by atoms with E-state index in [0.29, 0.717) is 19.0 Å². The first-order chi connectivity index (χ1) is 6.75. The number of carboxylic acids is 1. The molecule has 1 unspecified atom stereocenters. The fraction of sp³-hybridized carbons (Fsp3) is 0.909. The Morgan fingerprint density at radius 2 is 1.93 bits per heavy atom. The molecule has 0 saturated heterocycles. The van der Waals surface area contributed by atoms with Gasteiger partial charge in [-0.1, -0.05) is 13.8 Å². The normalized spacial score (nSPS) is 14.3. The molecule has 0 bridgehead atoms. The molecule has 15 heavy (non-hydrogen) atoms. The third-order valence-corrected chi connectivity index (χ3v) is 2.27. The number of aliphatic hydroxyl groups excluding tert-OH is 1. The zero-order valence-electron chi connectivity index (χ0n) is 10.1. The lowest BCUT2D eigenvalue weighted by Crippen LogP contribution is -2.39. The highest BCUT2D eigenvalue weighted by Gasteiger charge is 2.26. The van der Waals surface area contributed by atoms with Crippen molar-refractivity contribution in [3.8, 4) is 0 Å². The van der Waals surface area contributed by atoms with Crippen LogP contribution in [-0.4, -0.2) is 35.4 Å². The van der Waals surface area contributed by atoms with Crippen molar-refractivity contribution >= 4 is 5.97 Å². The van der Waals surface area contributed by atoms with Gasteiger partial charge in [0.1, 0.15) is 0 Å². The van der Waals surface area contributed by atoms with Crippen molar-refractivity contribution < 1.29 is 15.0 Å². The van der Waals surface area contributed by atoms with E-state index >= 15 is 0 Å². The summed E-state index contributed by atoms with van der Waals surface area (Å²) in [4.78, 5) is 10.8. The number of hydrogen-bond acceptors (Lipinski definition) is 3. The lowest BCUT2D eigenvalue weighted by atomic mass is 9.94. The number of aliphatic hydroxyl groups is 1. The molecule has 0 aliphatic rings. The van der Waals surface area contributed by atoms with Crippen LogP contribution in [0.4, 0.5) is 0 Å². The van der Waals surface area contributed by atoms with Crippen LogP contribution >= 0.6 is 0 Å². The number of hydrogen-bond donors (Lipinski definition) is 3. The van der Waals surface area contributed by atoms with Crippen LogP contribution in [0.3, 0.4) is 0 Å². The Balaban J connectivity index is 3.74. The van der Waals surface area contributed by atoms with E-state index < -0.39 is 17.5 Å². The number of carboxylic acid groups (broad SMARTS) is 1. The highest BCUT2D eigenvalue weighted by atomic mass is 16.4. The topological polar surface area (TPSA) is 69.6 Å². The molecule has 0 aliphatic heterocycles. The smallest absolute Gasteiger partial charge is 0.310 e. The number of aliphatic carboxylic acids is 1. The zero-order valence-corrected chi connectivity index (χ0v) is 10.1. The van der Waals surface area contributed by atoms with Crippen LogP contribution in [0, 0.1) is 11.3 Å². The van der Waals surface area contributed by atoms with Crippen molar-refractivity contribution in [1.29, 1.82) is 0 Å². The maximum absolute atomic E-state index is 10.8. The van der Waals surface area contributed by atoms with Gasteiger partial charge in [0.15, 0.2) is 0 Å². The summed E-state index contributed by atoms with van der Waals surface area (Å²) in [7, 11) is 0. The highest BCUT2D eigenvalue weighted by molar-refractivity contribution is 5.73. The molecule has 0 fully saturated rings. The Kier molecular flexibility index (Phi) is 5.83. The Morgan fingerprint density at radius 3 is 2.33 bits per heavy atom. The Labute approximate surface area is 91.7 Å². The third kappa shape index (κ3) is 6.47. The van der Waals surface area contributed by atoms with Crippen LogP contribution < -0.4 is 5.32 Å². The summed E-state index contributed by atoms with van der Waals surface area (Å²) in [6, 6.07) is 0. The first kappa shape index (κ1) is 14.4. The summed E-state index contributed by atoms with van der Waals surface area (Å²) in [5, 5.41) is 21.4. The molecule has 4 nitrogen and oxygen atoms in total. The van der Waals surface area contributed by atoms with Gasteiger partial charge in [0.05, 0.1) is 11.5 Å². The van der Waals surface area contributed by atoms with Gasteiger partial charge >= 0.3 is 5.97 Å². The molecular weight excluding hydrogens is 194 g/mol. The van der Waals surface area contributed by atoms with Gasteiger partial charge in [0.25, 0.3) is 0 Å². The third-order valence-electron chi connectivity index (χ3n) is 2.27. The van der Waals surface area contributed by atoms with Crippen LogP contribution in [0.1, 0.15) is 34.1 Å². The monoisotopic (exact) mass is 217 g/mol. The quantitative estimate of drug-likeness (QED) is 0.597. The van der Waals surface area contributed by atoms with E-state index in [1.54, 1.807) is 13.8 Å². The van der Waals surface area contributed by atoms with Gasteiger partial charge in [0.2, 0.25) is 0 Å². The Bertz CT molecular complexity index is 202. The van der Waals surface area contributed by atoms with E-state index in [1.807, 2.05) is 13.8 Å². The predicted molar refractivity (Wildman–Crippen MR) is 59.7 cm³/mol. The molecule has 90 valence electrons. The molecule has 0 aromatic rings. The summed E-state index contributed by atoms with van der Waals surface area (Å²) in [6.07, 6.45) is 0.343. The largest absolute Gasteiger partial charge is 0.481 e. The second-order valence-electron chi connectivity index (χ2n) is 5.10. The average molecular weight is 217 g/mol. The molecule has 0 aromatic carbocycles. The van der Waals surface area contributed by atoms with Crippen LogP contribution in [0.5, 0.6) is 0 Å². The fourth-order valence-electron chi connectivity index (χ4n) is 1.25. The molecule has 0 saturated carbocycles. The van der Waals surface area contributed by atoms with Crippen LogP contribution in [0.25, 0.3) is 0 Å². The highest BCUT2D eigenvalue weighted by Crippen LogP contribution is 2.13. The molecule has 4 heteroatoms. The fourth-order valence-corrected chi connectivity index (χ4v) is 1.25. The van der Waals surface area contributed by atoms with Gasteiger partial charge < -0.3 is 15.5 Å². The lowest BCUT2D eigenvalue weighted by molar-refractivity contribution is -0.146. The summed E-state index contributed by atoms with van der Waals surface area (Å²) < 4.78 is 0. The molecule has 0 rings (SSSR count). The van der Waals surface area contributed by atoms with E-state index in [2.05, 4.69) is 5.32 Å². The molecule has 0 spiro atoms.